The zero-order chi connectivity index (χ0) is 21.4. The van der Waals surface area contributed by atoms with Crippen molar-refractivity contribution in [2.45, 2.75) is 62.4 Å². The van der Waals surface area contributed by atoms with Crippen LogP contribution in [0.2, 0.25) is 0 Å². The number of benzene rings is 1. The molecule has 1 saturated carbocycles. The van der Waals surface area contributed by atoms with Gasteiger partial charge in [0.15, 0.2) is 15.9 Å². The molecule has 5 rings (SSSR count). The molecule has 1 aromatic carbocycles. The molecule has 3 aromatic heterocycles. The summed E-state index contributed by atoms with van der Waals surface area (Å²) in [6.45, 7) is 3.82. The average molecular weight is 453 g/mol. The Kier molecular flexibility index (Phi) is 5.62. The van der Waals surface area contributed by atoms with Crippen molar-refractivity contribution < 1.29 is 4.79 Å². The minimum atomic E-state index is -0.327. The monoisotopic (exact) mass is 452 g/mol. The molecule has 3 heterocycles. The van der Waals surface area contributed by atoms with Crippen LogP contribution in [-0.2, 0) is 4.79 Å². The highest BCUT2D eigenvalue weighted by molar-refractivity contribution is 8.00. The largest absolute Gasteiger partial charge is 0.284 e. The van der Waals surface area contributed by atoms with E-state index in [9.17, 15) is 4.79 Å². The Hall–Kier alpha value is -2.52. The van der Waals surface area contributed by atoms with E-state index in [1.807, 2.05) is 48.4 Å². The van der Waals surface area contributed by atoms with Gasteiger partial charge in [-0.15, -0.1) is 16.4 Å². The van der Waals surface area contributed by atoms with Crippen LogP contribution >= 0.6 is 23.1 Å². The molecule has 0 aliphatic heterocycles. The molecule has 1 unspecified atom stereocenters. The maximum absolute atomic E-state index is 13.6. The van der Waals surface area contributed by atoms with E-state index in [0.29, 0.717) is 11.0 Å². The Morgan fingerprint density at radius 3 is 2.81 bits per heavy atom. The molecule has 1 aliphatic carbocycles. The van der Waals surface area contributed by atoms with E-state index < -0.39 is 0 Å². The Morgan fingerprint density at radius 1 is 1.23 bits per heavy atom. The Balaban J connectivity index is 1.48. The smallest absolute Gasteiger partial charge is 0.242 e. The van der Waals surface area contributed by atoms with Crippen LogP contribution in [0.1, 0.15) is 44.9 Å². The molecule has 160 valence electrons. The van der Waals surface area contributed by atoms with Gasteiger partial charge in [0.25, 0.3) is 0 Å². The number of hydrogen-bond donors (Lipinski definition) is 0. The molecular weight excluding hydrogens is 428 g/mol. The van der Waals surface area contributed by atoms with Gasteiger partial charge in [-0.25, -0.2) is 15.0 Å². The average Bonchev–Trinajstić information content (AvgIpc) is 3.44. The molecule has 31 heavy (non-hydrogen) atoms. The molecule has 1 aliphatic rings. The zero-order valence-electron chi connectivity index (χ0n) is 17.6. The summed E-state index contributed by atoms with van der Waals surface area (Å²) in [5.74, 6) is 0.761. The Morgan fingerprint density at radius 2 is 2.03 bits per heavy atom. The number of para-hydroxylation sites is 1. The standard InChI is InChI=1S/C22H24N6OS2/c1-14(20(29)27(21-23-12-13-30-21)16-8-4-3-5-9-16)31-22-25-18-11-7-6-10-17(18)19-24-15(2)26-28(19)22/h6-7,10-14,16H,3-5,8-9H2,1-2H3. The van der Waals surface area contributed by atoms with Crippen molar-refractivity contribution in [2.24, 2.45) is 0 Å². The van der Waals surface area contributed by atoms with E-state index in [0.717, 1.165) is 47.4 Å². The van der Waals surface area contributed by atoms with Crippen LogP contribution in [-0.4, -0.2) is 41.8 Å². The summed E-state index contributed by atoms with van der Waals surface area (Å²) in [6, 6.07) is 8.13. The molecule has 0 radical (unpaired) electrons. The molecule has 9 heteroatoms. The third kappa shape index (κ3) is 3.92. The van der Waals surface area contributed by atoms with Crippen molar-refractivity contribution in [1.29, 1.82) is 0 Å². The number of hydrogen-bond acceptors (Lipinski definition) is 7. The molecule has 7 nitrogen and oxygen atoms in total. The van der Waals surface area contributed by atoms with Crippen LogP contribution in [0.3, 0.4) is 0 Å². The number of carbonyl (C=O) groups excluding carboxylic acids is 1. The van der Waals surface area contributed by atoms with Crippen molar-refractivity contribution in [1.82, 2.24) is 24.6 Å². The van der Waals surface area contributed by atoms with Gasteiger partial charge < -0.3 is 0 Å². The van der Waals surface area contributed by atoms with Crippen LogP contribution in [0.4, 0.5) is 5.13 Å². The first-order valence-electron chi connectivity index (χ1n) is 10.6. The highest BCUT2D eigenvalue weighted by Crippen LogP contribution is 2.33. The Labute approximate surface area is 188 Å². The molecule has 0 spiro atoms. The summed E-state index contributed by atoms with van der Waals surface area (Å²) in [5.41, 5.74) is 1.63. The van der Waals surface area contributed by atoms with Crippen molar-refractivity contribution in [3.63, 3.8) is 0 Å². The second kappa shape index (κ2) is 8.55. The maximum Gasteiger partial charge on any atom is 0.242 e. The third-order valence-electron chi connectivity index (χ3n) is 5.69. The predicted octanol–water partition coefficient (Wildman–Crippen LogP) is 4.89. The van der Waals surface area contributed by atoms with Crippen LogP contribution in [0.15, 0.2) is 41.0 Å². The SMILES string of the molecule is Cc1nc2c3ccccc3nc(SC(C)C(=O)N(c3nccs3)C3CCCCC3)n2n1. The number of rotatable bonds is 5. The van der Waals surface area contributed by atoms with Crippen LogP contribution < -0.4 is 4.90 Å². The second-order valence-electron chi connectivity index (χ2n) is 7.88. The van der Waals surface area contributed by atoms with Gasteiger partial charge in [0.05, 0.1) is 10.8 Å². The third-order valence-corrected chi connectivity index (χ3v) is 7.49. The number of fused-ring (bicyclic) bond motifs is 3. The molecular formula is C22H24N6OS2. The van der Waals surface area contributed by atoms with Crippen molar-refractivity contribution in [2.75, 3.05) is 4.90 Å². The number of thioether (sulfide) groups is 1. The fourth-order valence-electron chi connectivity index (χ4n) is 4.22. The van der Waals surface area contributed by atoms with Crippen LogP contribution in [0.25, 0.3) is 16.6 Å². The Bertz CT molecular complexity index is 1220. The summed E-state index contributed by atoms with van der Waals surface area (Å²) in [5, 5.41) is 8.58. The highest BCUT2D eigenvalue weighted by Gasteiger charge is 2.32. The first-order chi connectivity index (χ1) is 15.1. The number of thiazole rings is 1. The lowest BCUT2D eigenvalue weighted by Crippen LogP contribution is -2.45. The number of aryl methyl sites for hydroxylation is 1. The lowest BCUT2D eigenvalue weighted by Gasteiger charge is -2.34. The number of anilines is 1. The van der Waals surface area contributed by atoms with Gasteiger partial charge in [-0.3, -0.25) is 9.69 Å². The number of nitrogens with zero attached hydrogens (tertiary/aromatic N) is 6. The lowest BCUT2D eigenvalue weighted by molar-refractivity contribution is -0.118. The van der Waals surface area contributed by atoms with Gasteiger partial charge in [-0.1, -0.05) is 43.2 Å². The van der Waals surface area contributed by atoms with Crippen LogP contribution in [0.5, 0.6) is 0 Å². The molecule has 0 bridgehead atoms. The predicted molar refractivity (Wildman–Crippen MR) is 125 cm³/mol. The van der Waals surface area contributed by atoms with E-state index in [2.05, 4.69) is 15.1 Å². The maximum atomic E-state index is 13.6. The molecule has 1 fully saturated rings. The number of amides is 1. The van der Waals surface area contributed by atoms with Crippen molar-refractivity contribution in [3.8, 4) is 0 Å². The lowest BCUT2D eigenvalue weighted by atomic mass is 9.94. The fourth-order valence-corrected chi connectivity index (χ4v) is 5.85. The fraction of sp³-hybridized carbons (Fsp3) is 0.409. The van der Waals surface area contributed by atoms with E-state index in [1.54, 1.807) is 10.7 Å². The summed E-state index contributed by atoms with van der Waals surface area (Å²) < 4.78 is 1.76. The number of carbonyl (C=O) groups is 1. The first-order valence-corrected chi connectivity index (χ1v) is 12.4. The molecule has 1 atom stereocenters. The van der Waals surface area contributed by atoms with Crippen molar-refractivity contribution in [3.05, 3.63) is 41.7 Å². The summed E-state index contributed by atoms with van der Waals surface area (Å²) >= 11 is 2.96. The summed E-state index contributed by atoms with van der Waals surface area (Å²) in [4.78, 5) is 29.5. The van der Waals surface area contributed by atoms with Gasteiger partial charge in [0.2, 0.25) is 5.91 Å². The summed E-state index contributed by atoms with van der Waals surface area (Å²) in [7, 11) is 0. The van der Waals surface area contributed by atoms with Crippen LogP contribution in [0, 0.1) is 6.92 Å². The van der Waals surface area contributed by atoms with E-state index >= 15 is 0 Å². The van der Waals surface area contributed by atoms with Gasteiger partial charge in [-0.2, -0.15) is 4.52 Å². The van der Waals surface area contributed by atoms with E-state index in [-0.39, 0.29) is 17.2 Å². The second-order valence-corrected chi connectivity index (χ2v) is 10.1. The van der Waals surface area contributed by atoms with Crippen molar-refractivity contribution >= 4 is 50.7 Å². The molecule has 1 amide bonds. The van der Waals surface area contributed by atoms with E-state index in [4.69, 9.17) is 4.98 Å². The minimum absolute atomic E-state index is 0.0757. The van der Waals surface area contributed by atoms with E-state index in [1.165, 1.54) is 29.5 Å². The molecule has 0 saturated heterocycles. The normalized spacial score (nSPS) is 16.1. The first kappa shape index (κ1) is 20.4. The van der Waals surface area contributed by atoms with Gasteiger partial charge in [0, 0.05) is 23.0 Å². The zero-order valence-corrected chi connectivity index (χ0v) is 19.2. The van der Waals surface area contributed by atoms with Gasteiger partial charge in [-0.05, 0) is 38.8 Å². The topological polar surface area (TPSA) is 76.3 Å². The highest BCUT2D eigenvalue weighted by atomic mass is 32.2. The minimum Gasteiger partial charge on any atom is -0.284 e. The van der Waals surface area contributed by atoms with Gasteiger partial charge in [0.1, 0.15) is 5.82 Å². The molecule has 0 N–H and O–H groups in total. The molecule has 4 aromatic rings. The summed E-state index contributed by atoms with van der Waals surface area (Å²) in [6.07, 6.45) is 7.39. The van der Waals surface area contributed by atoms with Gasteiger partial charge >= 0.3 is 0 Å². The quantitative estimate of drug-likeness (QED) is 0.317. The number of aromatic nitrogens is 5.